The molecule has 0 aromatic carbocycles. The first-order valence-electron chi connectivity index (χ1n) is 8.16. The van der Waals surface area contributed by atoms with Crippen molar-refractivity contribution >= 4 is 53.6 Å². The molecule has 2 heterocycles. The van der Waals surface area contributed by atoms with Gasteiger partial charge in [-0.25, -0.2) is 4.98 Å². The van der Waals surface area contributed by atoms with E-state index in [4.69, 9.17) is 22.7 Å². The standard InChI is InChI=1S/C17H22N4O2S.2ClH/c1-19-16(24)17(7-3-2-4-13(17)23-15(22)10-18)12-5-6-14-20-8-9-21(14)11-12;;/h5-6,8-9,11,13H,2-4,7,10,18H2,1H3,(H,19,24);2*1H. The number of nitrogens with one attached hydrogen (secondary N) is 1. The van der Waals surface area contributed by atoms with E-state index in [-0.39, 0.29) is 37.5 Å². The van der Waals surface area contributed by atoms with Crippen LogP contribution in [0.1, 0.15) is 31.2 Å². The van der Waals surface area contributed by atoms with Crippen molar-refractivity contribution in [2.75, 3.05) is 13.6 Å². The van der Waals surface area contributed by atoms with Gasteiger partial charge in [-0.2, -0.15) is 0 Å². The van der Waals surface area contributed by atoms with Crippen LogP contribution in [-0.4, -0.2) is 40.0 Å². The minimum atomic E-state index is -0.536. The molecule has 1 saturated carbocycles. The summed E-state index contributed by atoms with van der Waals surface area (Å²) < 4.78 is 7.68. The zero-order valence-corrected chi connectivity index (χ0v) is 17.0. The summed E-state index contributed by atoms with van der Waals surface area (Å²) in [5.74, 6) is -0.395. The van der Waals surface area contributed by atoms with Crippen molar-refractivity contribution in [1.82, 2.24) is 14.7 Å². The first kappa shape index (κ1) is 22.6. The molecule has 2 aromatic heterocycles. The minimum absolute atomic E-state index is 0. The number of carbonyl (C=O) groups excluding carboxylic acids is 1. The van der Waals surface area contributed by atoms with Gasteiger partial charge in [0.1, 0.15) is 11.8 Å². The van der Waals surface area contributed by atoms with Crippen molar-refractivity contribution in [3.05, 3.63) is 36.3 Å². The molecule has 144 valence electrons. The van der Waals surface area contributed by atoms with Crippen molar-refractivity contribution in [3.63, 3.8) is 0 Å². The fourth-order valence-corrected chi connectivity index (χ4v) is 3.99. The van der Waals surface area contributed by atoms with Crippen LogP contribution >= 0.6 is 37.0 Å². The van der Waals surface area contributed by atoms with E-state index < -0.39 is 11.4 Å². The first-order chi connectivity index (χ1) is 11.6. The number of nitrogens with two attached hydrogens (primary N) is 1. The summed E-state index contributed by atoms with van der Waals surface area (Å²) >= 11 is 5.68. The smallest absolute Gasteiger partial charge is 0.320 e. The Morgan fingerprint density at radius 1 is 1.46 bits per heavy atom. The number of halogens is 2. The highest BCUT2D eigenvalue weighted by Crippen LogP contribution is 2.42. The summed E-state index contributed by atoms with van der Waals surface area (Å²) in [6.45, 7) is -0.126. The van der Waals surface area contributed by atoms with Crippen LogP contribution in [0.2, 0.25) is 0 Å². The maximum Gasteiger partial charge on any atom is 0.320 e. The number of thiocarbonyl (C=S) groups is 1. The van der Waals surface area contributed by atoms with Gasteiger partial charge in [0.25, 0.3) is 0 Å². The van der Waals surface area contributed by atoms with E-state index in [1.54, 1.807) is 6.20 Å². The molecule has 2 atom stereocenters. The van der Waals surface area contributed by atoms with Gasteiger partial charge in [0, 0.05) is 25.6 Å². The fraction of sp³-hybridized carbons (Fsp3) is 0.471. The molecular weight excluding hydrogens is 395 g/mol. The highest BCUT2D eigenvalue weighted by atomic mass is 35.5. The van der Waals surface area contributed by atoms with Crippen LogP contribution < -0.4 is 11.1 Å². The minimum Gasteiger partial charge on any atom is -0.460 e. The van der Waals surface area contributed by atoms with Gasteiger partial charge in [0.15, 0.2) is 0 Å². The molecule has 0 aliphatic heterocycles. The third-order valence-electron chi connectivity index (χ3n) is 4.81. The summed E-state index contributed by atoms with van der Waals surface area (Å²) in [4.78, 5) is 16.8. The summed E-state index contributed by atoms with van der Waals surface area (Å²) in [6, 6.07) is 3.99. The Bertz CT molecular complexity index is 770. The molecule has 9 heteroatoms. The van der Waals surface area contributed by atoms with Crippen LogP contribution in [0.3, 0.4) is 0 Å². The number of hydrogen-bond donors (Lipinski definition) is 2. The normalized spacial score (nSPS) is 22.0. The van der Waals surface area contributed by atoms with Crippen molar-refractivity contribution in [1.29, 1.82) is 0 Å². The molecule has 0 amide bonds. The Balaban J connectivity index is 0.00000169. The Morgan fingerprint density at radius 2 is 2.23 bits per heavy atom. The summed E-state index contributed by atoms with van der Waals surface area (Å²) in [5, 5.41) is 3.12. The summed E-state index contributed by atoms with van der Waals surface area (Å²) in [7, 11) is 1.82. The lowest BCUT2D eigenvalue weighted by Crippen LogP contribution is -2.54. The largest absolute Gasteiger partial charge is 0.460 e. The van der Waals surface area contributed by atoms with Gasteiger partial charge >= 0.3 is 5.97 Å². The number of pyridine rings is 1. The van der Waals surface area contributed by atoms with E-state index in [2.05, 4.69) is 10.3 Å². The number of fused-ring (bicyclic) bond motifs is 1. The number of imidazole rings is 1. The van der Waals surface area contributed by atoms with E-state index in [9.17, 15) is 4.79 Å². The number of likely N-dealkylation sites (N-methyl/N-ethyl adjacent to an activating group) is 1. The molecule has 0 saturated heterocycles. The lowest BCUT2D eigenvalue weighted by Gasteiger charge is -2.44. The van der Waals surface area contributed by atoms with E-state index >= 15 is 0 Å². The second-order valence-electron chi connectivity index (χ2n) is 6.09. The molecule has 2 aromatic rings. The van der Waals surface area contributed by atoms with Crippen LogP contribution in [0.5, 0.6) is 0 Å². The van der Waals surface area contributed by atoms with Crippen LogP contribution in [0.15, 0.2) is 30.7 Å². The molecule has 2 unspecified atom stereocenters. The maximum atomic E-state index is 11.9. The van der Waals surface area contributed by atoms with Gasteiger partial charge in [-0.05, 0) is 30.9 Å². The molecule has 3 N–H and O–H groups in total. The third-order valence-corrected chi connectivity index (χ3v) is 5.38. The first-order valence-corrected chi connectivity index (χ1v) is 8.57. The van der Waals surface area contributed by atoms with E-state index in [1.807, 2.05) is 36.0 Å². The number of esters is 1. The molecule has 1 aliphatic rings. The zero-order chi connectivity index (χ0) is 17.2. The average Bonchev–Trinajstić information content (AvgIpc) is 3.09. The second kappa shape index (κ2) is 9.50. The van der Waals surface area contributed by atoms with Crippen molar-refractivity contribution in [3.8, 4) is 0 Å². The topological polar surface area (TPSA) is 81.7 Å². The number of carbonyl (C=O) groups is 1. The van der Waals surface area contributed by atoms with Crippen LogP contribution in [-0.2, 0) is 14.9 Å². The molecule has 6 nitrogen and oxygen atoms in total. The van der Waals surface area contributed by atoms with Crippen molar-refractivity contribution < 1.29 is 9.53 Å². The molecule has 3 rings (SSSR count). The lowest BCUT2D eigenvalue weighted by molar-refractivity contribution is -0.151. The molecular formula is C17H24Cl2N4O2S. The number of aromatic nitrogens is 2. The lowest BCUT2D eigenvalue weighted by atomic mass is 9.67. The number of nitrogens with zero attached hydrogens (tertiary/aromatic N) is 2. The van der Waals surface area contributed by atoms with Gasteiger partial charge in [0.2, 0.25) is 0 Å². The number of ether oxygens (including phenoxy) is 1. The van der Waals surface area contributed by atoms with E-state index in [0.717, 1.165) is 36.9 Å². The summed E-state index contributed by atoms with van der Waals surface area (Å²) in [5.41, 5.74) is 6.81. The predicted octanol–water partition coefficient (Wildman–Crippen LogP) is 2.41. The van der Waals surface area contributed by atoms with Crippen molar-refractivity contribution in [2.45, 2.75) is 37.2 Å². The Kier molecular flexibility index (Phi) is 8.27. The predicted molar refractivity (Wildman–Crippen MR) is 110 cm³/mol. The average molecular weight is 419 g/mol. The highest BCUT2D eigenvalue weighted by Gasteiger charge is 2.48. The van der Waals surface area contributed by atoms with Gasteiger partial charge < -0.3 is 20.2 Å². The third kappa shape index (κ3) is 3.96. The van der Waals surface area contributed by atoms with Gasteiger partial charge in [-0.15, -0.1) is 24.8 Å². The molecule has 1 aliphatic carbocycles. The van der Waals surface area contributed by atoms with Crippen LogP contribution in [0, 0.1) is 0 Å². The zero-order valence-electron chi connectivity index (χ0n) is 14.5. The Hall–Kier alpha value is -1.41. The van der Waals surface area contributed by atoms with Gasteiger partial charge in [-0.3, -0.25) is 4.79 Å². The van der Waals surface area contributed by atoms with Gasteiger partial charge in [0.05, 0.1) is 16.9 Å². The van der Waals surface area contributed by atoms with E-state index in [0.29, 0.717) is 4.99 Å². The maximum absolute atomic E-state index is 11.9. The van der Waals surface area contributed by atoms with Crippen LogP contribution in [0.4, 0.5) is 0 Å². The number of rotatable bonds is 4. The summed E-state index contributed by atoms with van der Waals surface area (Å²) in [6.07, 6.45) is 9.01. The van der Waals surface area contributed by atoms with Crippen LogP contribution in [0.25, 0.3) is 5.65 Å². The van der Waals surface area contributed by atoms with Gasteiger partial charge in [-0.1, -0.05) is 24.7 Å². The molecule has 0 spiro atoms. The van der Waals surface area contributed by atoms with Crippen molar-refractivity contribution in [2.24, 2.45) is 5.73 Å². The number of hydrogen-bond acceptors (Lipinski definition) is 5. The van der Waals surface area contributed by atoms with E-state index in [1.165, 1.54) is 0 Å². The highest BCUT2D eigenvalue weighted by molar-refractivity contribution is 7.80. The quantitative estimate of drug-likeness (QED) is 0.585. The molecule has 0 radical (unpaired) electrons. The Labute approximate surface area is 170 Å². The Morgan fingerprint density at radius 3 is 2.92 bits per heavy atom. The second-order valence-corrected chi connectivity index (χ2v) is 6.50. The fourth-order valence-electron chi connectivity index (χ4n) is 3.64. The molecule has 26 heavy (non-hydrogen) atoms. The monoisotopic (exact) mass is 418 g/mol. The SMILES string of the molecule is CNC(=S)C1(c2ccc3nccn3c2)CCCCC1OC(=O)CN.Cl.Cl. The molecule has 1 fully saturated rings. The molecule has 0 bridgehead atoms.